The van der Waals surface area contributed by atoms with Gasteiger partial charge in [-0.3, -0.25) is 0 Å². The van der Waals surface area contributed by atoms with Gasteiger partial charge in [0, 0.05) is 36.7 Å². The molecule has 25 heavy (non-hydrogen) atoms. The molecular formula is C19H21N3O3. The number of aromatic nitrogens is 1. The summed E-state index contributed by atoms with van der Waals surface area (Å²) in [6.07, 6.45) is 3.88. The number of fused-ring (bicyclic) bond motifs is 3. The molecule has 1 saturated carbocycles. The molecule has 0 spiro atoms. The van der Waals surface area contributed by atoms with Crippen LogP contribution in [0.3, 0.4) is 0 Å². The third-order valence-electron chi connectivity index (χ3n) is 4.88. The lowest BCUT2D eigenvalue weighted by Crippen LogP contribution is -2.18. The molecule has 6 nitrogen and oxygen atoms in total. The summed E-state index contributed by atoms with van der Waals surface area (Å²) in [5, 5.41) is 6.35. The van der Waals surface area contributed by atoms with Crippen molar-refractivity contribution in [2.75, 3.05) is 19.4 Å². The van der Waals surface area contributed by atoms with Crippen molar-refractivity contribution >= 4 is 12.1 Å². The normalized spacial score (nSPS) is 22.6. The van der Waals surface area contributed by atoms with Gasteiger partial charge in [-0.1, -0.05) is 0 Å². The quantitative estimate of drug-likeness (QED) is 0.755. The summed E-state index contributed by atoms with van der Waals surface area (Å²) in [7, 11) is 3.77. The van der Waals surface area contributed by atoms with E-state index in [1.54, 1.807) is 6.20 Å². The van der Waals surface area contributed by atoms with Crippen LogP contribution in [0.1, 0.15) is 23.5 Å². The average Bonchev–Trinajstić information content (AvgIpc) is 3.21. The largest absolute Gasteiger partial charge is 0.488 e. The molecular weight excluding hydrogens is 318 g/mol. The zero-order valence-corrected chi connectivity index (χ0v) is 14.3. The van der Waals surface area contributed by atoms with Gasteiger partial charge in [0.15, 0.2) is 0 Å². The zero-order valence-electron chi connectivity index (χ0n) is 14.3. The Morgan fingerprint density at radius 2 is 2.20 bits per heavy atom. The van der Waals surface area contributed by atoms with Crippen molar-refractivity contribution in [3.63, 3.8) is 0 Å². The van der Waals surface area contributed by atoms with Gasteiger partial charge in [-0.25, -0.2) is 4.98 Å². The molecule has 0 bridgehead atoms. The van der Waals surface area contributed by atoms with E-state index >= 15 is 0 Å². The van der Waals surface area contributed by atoms with E-state index in [-0.39, 0.29) is 6.10 Å². The number of carbonyl (C=O) groups is 1. The van der Waals surface area contributed by atoms with Crippen molar-refractivity contribution in [3.05, 3.63) is 41.6 Å². The number of carbonyl (C=O) groups excluding carboxylic acids is 1. The average molecular weight is 339 g/mol. The molecule has 2 N–H and O–H groups in total. The Bertz CT molecular complexity index is 808. The molecule has 0 amide bonds. The summed E-state index contributed by atoms with van der Waals surface area (Å²) >= 11 is 0. The van der Waals surface area contributed by atoms with Gasteiger partial charge >= 0.3 is 0 Å². The molecule has 1 aromatic carbocycles. The van der Waals surface area contributed by atoms with Crippen LogP contribution in [0.2, 0.25) is 0 Å². The minimum atomic E-state index is 0.246. The molecule has 2 unspecified atom stereocenters. The van der Waals surface area contributed by atoms with E-state index in [0.29, 0.717) is 24.8 Å². The maximum absolute atomic E-state index is 10.8. The summed E-state index contributed by atoms with van der Waals surface area (Å²) in [6.45, 7) is 0. The van der Waals surface area contributed by atoms with E-state index < -0.39 is 0 Å². The highest BCUT2D eigenvalue weighted by molar-refractivity contribution is 5.58. The minimum absolute atomic E-state index is 0.246. The maximum atomic E-state index is 10.8. The number of benzene rings is 1. The van der Waals surface area contributed by atoms with Crippen LogP contribution >= 0.6 is 0 Å². The zero-order chi connectivity index (χ0) is 17.4. The van der Waals surface area contributed by atoms with E-state index in [1.807, 2.05) is 32.3 Å². The fraction of sp³-hybridized carbons (Fsp3) is 0.368. The Kier molecular flexibility index (Phi) is 4.05. The standard InChI is InChI=1S/C19H21N3O3/c1-20-17-16-13-10-11(5-6-14(13)25-18(16)17)24-15-7-8-22-19(21-2)12(15)4-3-9-23/h5-10,16-18,20H,3-4H2,1-2H3,(H,21,22)/t16?,17-,18?/m0/s1. The van der Waals surface area contributed by atoms with Crippen LogP contribution in [-0.2, 0) is 11.2 Å². The molecule has 3 atom stereocenters. The molecule has 4 rings (SSSR count). The van der Waals surface area contributed by atoms with Gasteiger partial charge in [0.2, 0.25) is 0 Å². The molecule has 0 saturated heterocycles. The first-order valence-electron chi connectivity index (χ1n) is 8.51. The van der Waals surface area contributed by atoms with Crippen molar-refractivity contribution in [1.29, 1.82) is 0 Å². The number of nitrogens with zero attached hydrogens (tertiary/aromatic N) is 1. The lowest BCUT2D eigenvalue weighted by molar-refractivity contribution is -0.107. The summed E-state index contributed by atoms with van der Waals surface area (Å²) < 4.78 is 12.1. The monoisotopic (exact) mass is 339 g/mol. The number of nitrogens with one attached hydrogen (secondary N) is 2. The molecule has 2 aromatic rings. The third-order valence-corrected chi connectivity index (χ3v) is 4.88. The van der Waals surface area contributed by atoms with Gasteiger partial charge in [0.05, 0.1) is 6.04 Å². The fourth-order valence-corrected chi connectivity index (χ4v) is 3.61. The number of ether oxygens (including phenoxy) is 2. The Labute approximate surface area is 146 Å². The smallest absolute Gasteiger partial charge is 0.135 e. The number of anilines is 1. The highest BCUT2D eigenvalue weighted by atomic mass is 16.5. The first kappa shape index (κ1) is 15.9. The molecule has 1 fully saturated rings. The summed E-state index contributed by atoms with van der Waals surface area (Å²) in [6, 6.07) is 8.17. The lowest BCUT2D eigenvalue weighted by atomic mass is 10.1. The van der Waals surface area contributed by atoms with E-state index in [9.17, 15) is 4.79 Å². The van der Waals surface area contributed by atoms with Gasteiger partial charge in [0.25, 0.3) is 0 Å². The van der Waals surface area contributed by atoms with Crippen LogP contribution in [0.5, 0.6) is 17.2 Å². The van der Waals surface area contributed by atoms with Gasteiger partial charge in [-0.05, 0) is 37.7 Å². The minimum Gasteiger partial charge on any atom is -0.488 e. The van der Waals surface area contributed by atoms with Gasteiger partial charge in [-0.15, -0.1) is 0 Å². The van der Waals surface area contributed by atoms with E-state index in [2.05, 4.69) is 21.7 Å². The predicted molar refractivity (Wildman–Crippen MR) is 94.7 cm³/mol. The van der Waals surface area contributed by atoms with Gasteiger partial charge in [0.1, 0.15) is 35.5 Å². The predicted octanol–water partition coefficient (Wildman–Crippen LogP) is 2.49. The van der Waals surface area contributed by atoms with Crippen LogP contribution in [0.25, 0.3) is 0 Å². The van der Waals surface area contributed by atoms with Gasteiger partial charge < -0.3 is 24.9 Å². The van der Waals surface area contributed by atoms with Crippen LogP contribution in [0, 0.1) is 0 Å². The van der Waals surface area contributed by atoms with E-state index in [1.165, 1.54) is 5.56 Å². The fourth-order valence-electron chi connectivity index (χ4n) is 3.61. The Morgan fingerprint density at radius 3 is 2.96 bits per heavy atom. The highest BCUT2D eigenvalue weighted by Crippen LogP contribution is 2.54. The molecule has 1 aliphatic heterocycles. The van der Waals surface area contributed by atoms with Crippen molar-refractivity contribution in [1.82, 2.24) is 10.3 Å². The van der Waals surface area contributed by atoms with Crippen LogP contribution in [0.15, 0.2) is 30.5 Å². The number of likely N-dealkylation sites (N-methyl/N-ethyl adjacent to an activating group) is 1. The molecule has 2 heterocycles. The molecule has 2 aliphatic rings. The summed E-state index contributed by atoms with van der Waals surface area (Å²) in [4.78, 5) is 15.1. The van der Waals surface area contributed by atoms with Crippen LogP contribution < -0.4 is 20.1 Å². The van der Waals surface area contributed by atoms with Crippen molar-refractivity contribution < 1.29 is 14.3 Å². The first-order valence-corrected chi connectivity index (χ1v) is 8.51. The molecule has 1 aromatic heterocycles. The molecule has 0 radical (unpaired) electrons. The Morgan fingerprint density at radius 1 is 1.32 bits per heavy atom. The van der Waals surface area contributed by atoms with Crippen LogP contribution in [-0.4, -0.2) is 37.5 Å². The maximum Gasteiger partial charge on any atom is 0.135 e. The van der Waals surface area contributed by atoms with E-state index in [0.717, 1.165) is 34.9 Å². The first-order chi connectivity index (χ1) is 12.3. The number of hydrogen-bond acceptors (Lipinski definition) is 6. The number of aldehydes is 1. The Hall–Kier alpha value is -2.60. The van der Waals surface area contributed by atoms with Gasteiger partial charge in [-0.2, -0.15) is 0 Å². The second-order valence-corrected chi connectivity index (χ2v) is 6.32. The second kappa shape index (κ2) is 6.37. The van der Waals surface area contributed by atoms with E-state index in [4.69, 9.17) is 9.47 Å². The molecule has 1 aliphatic carbocycles. The van der Waals surface area contributed by atoms with Crippen molar-refractivity contribution in [2.24, 2.45) is 0 Å². The highest BCUT2D eigenvalue weighted by Gasteiger charge is 2.58. The number of rotatable bonds is 7. The topological polar surface area (TPSA) is 72.5 Å². The van der Waals surface area contributed by atoms with Crippen molar-refractivity contribution in [2.45, 2.75) is 30.9 Å². The summed E-state index contributed by atoms with van der Waals surface area (Å²) in [5.74, 6) is 3.58. The number of pyridine rings is 1. The molecule has 6 heteroatoms. The molecule has 130 valence electrons. The SMILES string of the molecule is CNc1nccc(Oc2ccc3c(c2)C2C(O3)[C@H]2NC)c1CCC=O. The van der Waals surface area contributed by atoms with Crippen molar-refractivity contribution in [3.8, 4) is 17.2 Å². The number of hydrogen-bond donors (Lipinski definition) is 2. The van der Waals surface area contributed by atoms with Crippen LogP contribution in [0.4, 0.5) is 5.82 Å². The Balaban J connectivity index is 1.61. The summed E-state index contributed by atoms with van der Waals surface area (Å²) in [5.41, 5.74) is 2.10. The lowest BCUT2D eigenvalue weighted by Gasteiger charge is -2.15. The second-order valence-electron chi connectivity index (χ2n) is 6.32. The third kappa shape index (κ3) is 2.72.